The molecule has 3 rings (SSSR count). The third kappa shape index (κ3) is 2.08. The van der Waals surface area contributed by atoms with Gasteiger partial charge in [0.2, 0.25) is 0 Å². The number of fused-ring (bicyclic) bond motifs is 1. The molecule has 0 fully saturated rings. The van der Waals surface area contributed by atoms with Gasteiger partial charge in [0.25, 0.3) is 0 Å². The SMILES string of the molecule is Fc1ccccc1Cc1nc(=S)c2c([nH]1)CCC2. The second-order valence-electron chi connectivity index (χ2n) is 4.57. The van der Waals surface area contributed by atoms with Crippen LogP contribution in [0.3, 0.4) is 0 Å². The molecule has 0 atom stereocenters. The van der Waals surface area contributed by atoms with E-state index in [9.17, 15) is 4.39 Å². The van der Waals surface area contributed by atoms with Gasteiger partial charge < -0.3 is 4.98 Å². The van der Waals surface area contributed by atoms with Crippen LogP contribution < -0.4 is 0 Å². The number of H-pyrrole nitrogens is 1. The standard InChI is InChI=1S/C14H13FN2S/c15-11-6-2-1-4-9(11)8-13-16-12-7-3-5-10(12)14(18)17-13/h1-2,4,6H,3,5,7-8H2,(H,16,17,18). The van der Waals surface area contributed by atoms with Crippen LogP contribution in [0, 0.1) is 10.5 Å². The fourth-order valence-electron chi connectivity index (χ4n) is 2.42. The molecule has 4 heteroatoms. The fourth-order valence-corrected chi connectivity index (χ4v) is 2.75. The van der Waals surface area contributed by atoms with Gasteiger partial charge in [0, 0.05) is 17.7 Å². The summed E-state index contributed by atoms with van der Waals surface area (Å²) < 4.78 is 14.3. The average molecular weight is 260 g/mol. The Kier molecular flexibility index (Phi) is 2.96. The molecule has 0 bridgehead atoms. The summed E-state index contributed by atoms with van der Waals surface area (Å²) in [6.07, 6.45) is 3.62. The van der Waals surface area contributed by atoms with E-state index in [2.05, 4.69) is 9.97 Å². The summed E-state index contributed by atoms with van der Waals surface area (Å²) in [7, 11) is 0. The number of nitrogens with one attached hydrogen (secondary N) is 1. The third-order valence-electron chi connectivity index (χ3n) is 3.32. The zero-order valence-electron chi connectivity index (χ0n) is 9.87. The van der Waals surface area contributed by atoms with E-state index in [0.717, 1.165) is 25.1 Å². The van der Waals surface area contributed by atoms with Crippen molar-refractivity contribution in [3.05, 3.63) is 57.4 Å². The maximum absolute atomic E-state index is 13.6. The first-order chi connectivity index (χ1) is 8.74. The number of halogens is 1. The topological polar surface area (TPSA) is 28.7 Å². The van der Waals surface area contributed by atoms with E-state index in [1.807, 2.05) is 6.07 Å². The predicted octanol–water partition coefficient (Wildman–Crippen LogP) is 3.36. The first-order valence-electron chi connectivity index (χ1n) is 6.08. The van der Waals surface area contributed by atoms with Crippen molar-refractivity contribution in [3.63, 3.8) is 0 Å². The highest BCUT2D eigenvalue weighted by atomic mass is 32.1. The summed E-state index contributed by atoms with van der Waals surface area (Å²) in [6.45, 7) is 0. The number of hydrogen-bond donors (Lipinski definition) is 1. The van der Waals surface area contributed by atoms with Crippen molar-refractivity contribution in [3.8, 4) is 0 Å². The maximum atomic E-state index is 13.6. The lowest BCUT2D eigenvalue weighted by atomic mass is 10.1. The smallest absolute Gasteiger partial charge is 0.133 e. The van der Waals surface area contributed by atoms with Crippen LogP contribution >= 0.6 is 12.2 Å². The molecule has 0 spiro atoms. The number of rotatable bonds is 2. The molecule has 18 heavy (non-hydrogen) atoms. The average Bonchev–Trinajstić information content (AvgIpc) is 2.81. The van der Waals surface area contributed by atoms with Crippen LogP contribution in [0.25, 0.3) is 0 Å². The Labute approximate surface area is 110 Å². The molecule has 1 N–H and O–H groups in total. The Hall–Kier alpha value is -1.55. The lowest BCUT2D eigenvalue weighted by Gasteiger charge is -2.06. The van der Waals surface area contributed by atoms with Gasteiger partial charge in [-0.2, -0.15) is 0 Å². The van der Waals surface area contributed by atoms with E-state index >= 15 is 0 Å². The second-order valence-corrected chi connectivity index (χ2v) is 4.95. The molecule has 0 radical (unpaired) electrons. The van der Waals surface area contributed by atoms with Gasteiger partial charge in [0.15, 0.2) is 0 Å². The molecule has 1 aromatic heterocycles. The number of nitrogens with zero attached hydrogens (tertiary/aromatic N) is 1. The van der Waals surface area contributed by atoms with E-state index in [0.29, 0.717) is 16.6 Å². The molecule has 2 nitrogen and oxygen atoms in total. The van der Waals surface area contributed by atoms with Crippen LogP contribution in [0.4, 0.5) is 4.39 Å². The summed E-state index contributed by atoms with van der Waals surface area (Å²) in [5.41, 5.74) is 3.00. The van der Waals surface area contributed by atoms with Gasteiger partial charge in [-0.05, 0) is 30.9 Å². The molecular weight excluding hydrogens is 247 g/mol. The highest BCUT2D eigenvalue weighted by Gasteiger charge is 2.15. The van der Waals surface area contributed by atoms with Crippen LogP contribution in [0.1, 0.15) is 29.1 Å². The summed E-state index contributed by atoms with van der Waals surface area (Å²) in [5.74, 6) is 0.560. The molecule has 0 amide bonds. The number of hydrogen-bond acceptors (Lipinski definition) is 2. The number of benzene rings is 1. The normalized spacial score (nSPS) is 13.6. The second kappa shape index (κ2) is 4.61. The van der Waals surface area contributed by atoms with Crippen LogP contribution in [-0.2, 0) is 19.3 Å². The lowest BCUT2D eigenvalue weighted by Crippen LogP contribution is -2.03. The molecule has 2 aromatic rings. The van der Waals surface area contributed by atoms with Gasteiger partial charge in [-0.15, -0.1) is 0 Å². The number of aromatic nitrogens is 2. The molecule has 92 valence electrons. The van der Waals surface area contributed by atoms with Crippen molar-refractivity contribution < 1.29 is 4.39 Å². The van der Waals surface area contributed by atoms with Gasteiger partial charge in [-0.3, -0.25) is 0 Å². The van der Waals surface area contributed by atoms with Gasteiger partial charge in [0.1, 0.15) is 16.3 Å². The van der Waals surface area contributed by atoms with Crippen LogP contribution in [0.15, 0.2) is 24.3 Å². The van der Waals surface area contributed by atoms with E-state index < -0.39 is 0 Å². The highest BCUT2D eigenvalue weighted by Crippen LogP contribution is 2.21. The van der Waals surface area contributed by atoms with E-state index in [1.54, 1.807) is 12.1 Å². The van der Waals surface area contributed by atoms with Gasteiger partial charge in [-0.1, -0.05) is 30.4 Å². The van der Waals surface area contributed by atoms with Crippen molar-refractivity contribution in [1.82, 2.24) is 9.97 Å². The Morgan fingerprint density at radius 2 is 2.11 bits per heavy atom. The zero-order valence-corrected chi connectivity index (χ0v) is 10.7. The van der Waals surface area contributed by atoms with Crippen LogP contribution in [-0.4, -0.2) is 9.97 Å². The van der Waals surface area contributed by atoms with Crippen molar-refractivity contribution in [2.75, 3.05) is 0 Å². The number of aryl methyl sites for hydroxylation is 1. The molecule has 1 aliphatic rings. The Balaban J connectivity index is 1.97. The quantitative estimate of drug-likeness (QED) is 0.839. The minimum atomic E-state index is -0.195. The highest BCUT2D eigenvalue weighted by molar-refractivity contribution is 7.71. The summed E-state index contributed by atoms with van der Waals surface area (Å²) in [5, 5.41) is 0. The largest absolute Gasteiger partial charge is 0.347 e. The Morgan fingerprint density at radius 1 is 1.28 bits per heavy atom. The van der Waals surface area contributed by atoms with E-state index in [4.69, 9.17) is 12.2 Å². The van der Waals surface area contributed by atoms with Gasteiger partial charge in [-0.25, -0.2) is 9.37 Å². The van der Waals surface area contributed by atoms with Gasteiger partial charge >= 0.3 is 0 Å². The van der Waals surface area contributed by atoms with E-state index in [1.165, 1.54) is 17.3 Å². The molecule has 0 saturated carbocycles. The Bertz CT molecular complexity index is 648. The Morgan fingerprint density at radius 3 is 2.94 bits per heavy atom. The van der Waals surface area contributed by atoms with Crippen molar-refractivity contribution >= 4 is 12.2 Å². The minimum Gasteiger partial charge on any atom is -0.347 e. The molecular formula is C14H13FN2S. The monoisotopic (exact) mass is 260 g/mol. The fraction of sp³-hybridized carbons (Fsp3) is 0.286. The summed E-state index contributed by atoms with van der Waals surface area (Å²) >= 11 is 5.29. The molecule has 1 aliphatic carbocycles. The first kappa shape index (κ1) is 11.5. The first-order valence-corrected chi connectivity index (χ1v) is 6.49. The molecule has 1 heterocycles. The van der Waals surface area contributed by atoms with E-state index in [-0.39, 0.29) is 5.82 Å². The maximum Gasteiger partial charge on any atom is 0.133 e. The molecule has 0 aliphatic heterocycles. The summed E-state index contributed by atoms with van der Waals surface area (Å²) in [6, 6.07) is 6.77. The number of aromatic amines is 1. The van der Waals surface area contributed by atoms with Gasteiger partial charge in [0.05, 0.1) is 0 Å². The molecule has 0 saturated heterocycles. The lowest BCUT2D eigenvalue weighted by molar-refractivity contribution is 0.612. The molecule has 1 aromatic carbocycles. The minimum absolute atomic E-state index is 0.195. The van der Waals surface area contributed by atoms with Crippen molar-refractivity contribution in [2.24, 2.45) is 0 Å². The summed E-state index contributed by atoms with van der Waals surface area (Å²) in [4.78, 5) is 7.67. The third-order valence-corrected chi connectivity index (χ3v) is 3.66. The molecule has 0 unspecified atom stereocenters. The van der Waals surface area contributed by atoms with Crippen LogP contribution in [0.2, 0.25) is 0 Å². The van der Waals surface area contributed by atoms with Crippen molar-refractivity contribution in [2.45, 2.75) is 25.7 Å². The van der Waals surface area contributed by atoms with Crippen LogP contribution in [0.5, 0.6) is 0 Å². The van der Waals surface area contributed by atoms with Crippen molar-refractivity contribution in [1.29, 1.82) is 0 Å². The zero-order chi connectivity index (χ0) is 12.5. The predicted molar refractivity (Wildman–Crippen MR) is 70.7 cm³/mol.